The molecule has 9 nitrogen and oxygen atoms in total. The van der Waals surface area contributed by atoms with Gasteiger partial charge in [-0.3, -0.25) is 4.79 Å². The molecule has 0 saturated heterocycles. The number of rotatable bonds is 4. The first kappa shape index (κ1) is 20.3. The van der Waals surface area contributed by atoms with Crippen LogP contribution in [-0.2, 0) is 23.8 Å². The van der Waals surface area contributed by atoms with Gasteiger partial charge in [-0.15, -0.1) is 0 Å². The minimum absolute atomic E-state index is 0.00901. The van der Waals surface area contributed by atoms with E-state index in [1.165, 1.54) is 19.1 Å². The van der Waals surface area contributed by atoms with E-state index in [9.17, 15) is 14.4 Å². The maximum absolute atomic E-state index is 12.8. The predicted octanol–water partition coefficient (Wildman–Crippen LogP) is 1.98. The molecule has 0 saturated carbocycles. The van der Waals surface area contributed by atoms with Crippen LogP contribution in [0.5, 0.6) is 0 Å². The highest BCUT2D eigenvalue weighted by atomic mass is 16.5. The number of benzene rings is 2. The van der Waals surface area contributed by atoms with Crippen molar-refractivity contribution in [3.05, 3.63) is 70.2 Å². The lowest BCUT2D eigenvalue weighted by molar-refractivity contribution is -0.140. The minimum atomic E-state index is -0.723. The molecule has 1 aliphatic heterocycles. The number of anilines is 1. The zero-order valence-electron chi connectivity index (χ0n) is 16.9. The Kier molecular flexibility index (Phi) is 5.50. The first-order chi connectivity index (χ1) is 15.0. The number of hydrogen-bond acceptors (Lipinski definition) is 8. The third-order valence-corrected chi connectivity index (χ3v) is 4.88. The second-order valence-corrected chi connectivity index (χ2v) is 6.66. The lowest BCUT2D eigenvalue weighted by atomic mass is 10.1. The molecule has 3 aromatic rings. The SMILES string of the molecule is COC(=O)C1=C(C(=O)OC)N(c2ccccc2-c2nc3ccccc3[nH]c2=O)COC1. The topological polar surface area (TPSA) is 111 Å². The van der Waals surface area contributed by atoms with Gasteiger partial charge in [-0.05, 0) is 18.2 Å². The fourth-order valence-electron chi connectivity index (χ4n) is 3.46. The van der Waals surface area contributed by atoms with Crippen LogP contribution in [0.3, 0.4) is 0 Å². The Morgan fingerprint density at radius 2 is 1.74 bits per heavy atom. The lowest BCUT2D eigenvalue weighted by Crippen LogP contribution is -2.39. The van der Waals surface area contributed by atoms with E-state index < -0.39 is 11.9 Å². The smallest absolute Gasteiger partial charge is 0.355 e. The van der Waals surface area contributed by atoms with E-state index in [1.54, 1.807) is 42.5 Å². The molecule has 0 bridgehead atoms. The lowest BCUT2D eigenvalue weighted by Gasteiger charge is -2.32. The molecule has 0 radical (unpaired) electrons. The molecule has 0 fully saturated rings. The predicted molar refractivity (Wildman–Crippen MR) is 112 cm³/mol. The van der Waals surface area contributed by atoms with Crippen LogP contribution in [0.4, 0.5) is 5.69 Å². The second kappa shape index (κ2) is 8.41. The number of hydrogen-bond donors (Lipinski definition) is 1. The van der Waals surface area contributed by atoms with Crippen molar-refractivity contribution in [1.82, 2.24) is 9.97 Å². The van der Waals surface area contributed by atoms with Crippen LogP contribution < -0.4 is 10.5 Å². The maximum atomic E-state index is 12.8. The van der Waals surface area contributed by atoms with E-state index in [0.29, 0.717) is 22.3 Å². The third-order valence-electron chi connectivity index (χ3n) is 4.88. The summed E-state index contributed by atoms with van der Waals surface area (Å²) in [4.78, 5) is 46.5. The van der Waals surface area contributed by atoms with Crippen LogP contribution in [0.25, 0.3) is 22.3 Å². The van der Waals surface area contributed by atoms with Crippen LogP contribution >= 0.6 is 0 Å². The molecule has 1 aliphatic rings. The van der Waals surface area contributed by atoms with E-state index in [-0.39, 0.29) is 35.9 Å². The van der Waals surface area contributed by atoms with E-state index in [4.69, 9.17) is 14.2 Å². The largest absolute Gasteiger partial charge is 0.466 e. The number of H-pyrrole nitrogens is 1. The van der Waals surface area contributed by atoms with Gasteiger partial charge >= 0.3 is 11.9 Å². The molecule has 0 unspecified atom stereocenters. The summed E-state index contributed by atoms with van der Waals surface area (Å²) in [5, 5.41) is 0. The number of esters is 2. The summed E-state index contributed by atoms with van der Waals surface area (Å²) in [5.74, 6) is -1.43. The highest BCUT2D eigenvalue weighted by molar-refractivity contribution is 6.04. The van der Waals surface area contributed by atoms with Crippen molar-refractivity contribution >= 4 is 28.7 Å². The number of aromatic amines is 1. The Morgan fingerprint density at radius 3 is 2.52 bits per heavy atom. The summed E-state index contributed by atoms with van der Waals surface area (Å²) < 4.78 is 15.3. The van der Waals surface area contributed by atoms with Gasteiger partial charge in [-0.2, -0.15) is 0 Å². The Balaban J connectivity index is 1.93. The molecule has 2 heterocycles. The number of methoxy groups -OCH3 is 2. The van der Waals surface area contributed by atoms with E-state index in [0.717, 1.165) is 0 Å². The van der Waals surface area contributed by atoms with Gasteiger partial charge in [-0.1, -0.05) is 30.3 Å². The maximum Gasteiger partial charge on any atom is 0.355 e. The van der Waals surface area contributed by atoms with Crippen LogP contribution in [0.15, 0.2) is 64.6 Å². The van der Waals surface area contributed by atoms with Crippen molar-refractivity contribution in [1.29, 1.82) is 0 Å². The summed E-state index contributed by atoms with van der Waals surface area (Å²) >= 11 is 0. The number of nitrogens with one attached hydrogen (secondary N) is 1. The van der Waals surface area contributed by atoms with Crippen molar-refractivity contribution in [2.45, 2.75) is 0 Å². The average molecular weight is 421 g/mol. The van der Waals surface area contributed by atoms with Crippen molar-refractivity contribution < 1.29 is 23.8 Å². The van der Waals surface area contributed by atoms with E-state index in [1.807, 2.05) is 6.07 Å². The number of carbonyl (C=O) groups excluding carboxylic acids is 2. The van der Waals surface area contributed by atoms with Crippen LogP contribution in [0.2, 0.25) is 0 Å². The fourth-order valence-corrected chi connectivity index (χ4v) is 3.46. The van der Waals surface area contributed by atoms with Gasteiger partial charge in [0.1, 0.15) is 18.1 Å². The number of carbonyl (C=O) groups is 2. The molecule has 0 aliphatic carbocycles. The third kappa shape index (κ3) is 3.66. The Labute approximate surface area is 176 Å². The van der Waals surface area contributed by atoms with Gasteiger partial charge < -0.3 is 24.1 Å². The van der Waals surface area contributed by atoms with Gasteiger partial charge in [0, 0.05) is 5.56 Å². The standard InChI is InChI=1S/C22H19N3O6/c1-29-21(27)14-11-31-12-25(19(14)22(28)30-2)17-10-6-3-7-13(17)18-20(26)24-16-9-5-4-8-15(16)23-18/h3-10H,11-12H2,1-2H3,(H,24,26). The highest BCUT2D eigenvalue weighted by Gasteiger charge is 2.33. The number of aromatic nitrogens is 2. The molecular weight excluding hydrogens is 402 g/mol. The minimum Gasteiger partial charge on any atom is -0.466 e. The number of nitrogens with zero attached hydrogens (tertiary/aromatic N) is 2. The van der Waals surface area contributed by atoms with Crippen LogP contribution in [0, 0.1) is 0 Å². The van der Waals surface area contributed by atoms with Gasteiger partial charge in [0.2, 0.25) is 0 Å². The molecule has 158 valence electrons. The summed E-state index contributed by atoms with van der Waals surface area (Å²) in [6.07, 6.45) is 0. The van der Waals surface area contributed by atoms with Gasteiger partial charge in [0.15, 0.2) is 0 Å². The fraction of sp³-hybridized carbons (Fsp3) is 0.182. The monoisotopic (exact) mass is 421 g/mol. The molecule has 1 aromatic heterocycles. The molecule has 2 aromatic carbocycles. The van der Waals surface area contributed by atoms with Gasteiger partial charge in [-0.25, -0.2) is 14.6 Å². The van der Waals surface area contributed by atoms with Crippen molar-refractivity contribution in [3.8, 4) is 11.3 Å². The molecule has 0 atom stereocenters. The molecule has 0 spiro atoms. The zero-order valence-corrected chi connectivity index (χ0v) is 16.9. The van der Waals surface area contributed by atoms with Gasteiger partial charge in [0.05, 0.1) is 43.1 Å². The molecule has 9 heteroatoms. The molecule has 0 amide bonds. The quantitative estimate of drug-likeness (QED) is 0.637. The number of ether oxygens (including phenoxy) is 3. The Bertz CT molecular complexity index is 1260. The summed E-state index contributed by atoms with van der Waals surface area (Å²) in [7, 11) is 2.44. The van der Waals surface area contributed by atoms with Crippen molar-refractivity contribution in [2.24, 2.45) is 0 Å². The van der Waals surface area contributed by atoms with Gasteiger partial charge in [0.25, 0.3) is 5.56 Å². The zero-order chi connectivity index (χ0) is 22.0. The van der Waals surface area contributed by atoms with E-state index >= 15 is 0 Å². The van der Waals surface area contributed by atoms with Crippen LogP contribution in [0.1, 0.15) is 0 Å². The summed E-state index contributed by atoms with van der Waals surface area (Å²) in [5.41, 5.74) is 1.94. The highest BCUT2D eigenvalue weighted by Crippen LogP contribution is 2.33. The molecule has 1 N–H and O–H groups in total. The van der Waals surface area contributed by atoms with E-state index in [2.05, 4.69) is 9.97 Å². The normalized spacial score (nSPS) is 13.9. The first-order valence-corrected chi connectivity index (χ1v) is 9.38. The molecular formula is C22H19N3O6. The summed E-state index contributed by atoms with van der Waals surface area (Å²) in [6.45, 7) is -0.141. The number of fused-ring (bicyclic) bond motifs is 1. The first-order valence-electron chi connectivity index (χ1n) is 9.38. The van der Waals surface area contributed by atoms with Crippen molar-refractivity contribution in [2.75, 3.05) is 32.5 Å². The van der Waals surface area contributed by atoms with Crippen molar-refractivity contribution in [3.63, 3.8) is 0 Å². The van der Waals surface area contributed by atoms with Crippen LogP contribution in [-0.4, -0.2) is 49.5 Å². The molecule has 31 heavy (non-hydrogen) atoms. The molecule has 4 rings (SSSR count). The average Bonchev–Trinajstić information content (AvgIpc) is 2.82. The Morgan fingerprint density at radius 1 is 1.03 bits per heavy atom. The Hall–Kier alpha value is -3.98. The second-order valence-electron chi connectivity index (χ2n) is 6.66. The number of para-hydroxylation sites is 3. The summed E-state index contributed by atoms with van der Waals surface area (Å²) in [6, 6.07) is 14.1.